The van der Waals surface area contributed by atoms with Crippen molar-refractivity contribution in [2.75, 3.05) is 72.4 Å². The first-order chi connectivity index (χ1) is 18.9. The summed E-state index contributed by atoms with van der Waals surface area (Å²) in [6.07, 6.45) is 5.85. The van der Waals surface area contributed by atoms with Crippen LogP contribution in [0.1, 0.15) is 30.0 Å². The monoisotopic (exact) mass is 536 g/mol. The molecule has 10 nitrogen and oxygen atoms in total. The minimum absolute atomic E-state index is 0.121. The van der Waals surface area contributed by atoms with Gasteiger partial charge in [-0.15, -0.1) is 0 Å². The predicted octanol–water partition coefficient (Wildman–Crippen LogP) is 3.15. The van der Waals surface area contributed by atoms with Gasteiger partial charge >= 0.3 is 6.03 Å². The van der Waals surface area contributed by atoms with Crippen molar-refractivity contribution in [3.63, 3.8) is 0 Å². The number of anilines is 1. The van der Waals surface area contributed by atoms with Crippen molar-refractivity contribution >= 4 is 23.8 Å². The molecule has 3 heterocycles. The third-order valence-electron chi connectivity index (χ3n) is 7.08. The second kappa shape index (κ2) is 13.4. The molecule has 1 aromatic carbocycles. The molecule has 0 saturated carbocycles. The summed E-state index contributed by atoms with van der Waals surface area (Å²) in [7, 11) is 5.51. The molecule has 2 aromatic rings. The van der Waals surface area contributed by atoms with Crippen molar-refractivity contribution in [2.45, 2.75) is 26.4 Å². The minimum atomic E-state index is -0.140. The van der Waals surface area contributed by atoms with E-state index in [1.807, 2.05) is 36.1 Å². The zero-order valence-electron chi connectivity index (χ0n) is 23.5. The highest BCUT2D eigenvalue weighted by atomic mass is 16.5. The first-order valence-corrected chi connectivity index (χ1v) is 13.6. The number of benzene rings is 1. The van der Waals surface area contributed by atoms with Crippen LogP contribution < -0.4 is 14.8 Å². The molecule has 1 N–H and O–H groups in total. The van der Waals surface area contributed by atoms with E-state index < -0.39 is 0 Å². The Hall–Kier alpha value is -3.63. The van der Waals surface area contributed by atoms with Crippen LogP contribution in [0, 0.1) is 0 Å². The van der Waals surface area contributed by atoms with Crippen molar-refractivity contribution < 1.29 is 19.1 Å². The van der Waals surface area contributed by atoms with E-state index in [1.54, 1.807) is 37.4 Å². The van der Waals surface area contributed by atoms with Gasteiger partial charge in [-0.05, 0) is 37.2 Å². The first kappa shape index (κ1) is 28.4. The van der Waals surface area contributed by atoms with Gasteiger partial charge in [0.1, 0.15) is 5.82 Å². The van der Waals surface area contributed by atoms with Crippen LogP contribution in [0.2, 0.25) is 0 Å². The van der Waals surface area contributed by atoms with Crippen LogP contribution in [0.5, 0.6) is 11.5 Å². The number of carbonyl (C=O) groups excluding carboxylic acids is 2. The van der Waals surface area contributed by atoms with E-state index in [2.05, 4.69) is 27.1 Å². The number of piperazine rings is 1. The highest BCUT2D eigenvalue weighted by Crippen LogP contribution is 2.32. The summed E-state index contributed by atoms with van der Waals surface area (Å²) in [5, 5.41) is 2.90. The fraction of sp³-hybridized carbons (Fsp3) is 0.483. The summed E-state index contributed by atoms with van der Waals surface area (Å²) in [5.74, 6) is 1.76. The average molecular weight is 537 g/mol. The maximum atomic E-state index is 12.9. The van der Waals surface area contributed by atoms with Crippen molar-refractivity contribution in [1.82, 2.24) is 24.6 Å². The molecule has 0 radical (unpaired) electrons. The van der Waals surface area contributed by atoms with E-state index in [0.29, 0.717) is 43.6 Å². The Morgan fingerprint density at radius 1 is 1.21 bits per heavy atom. The van der Waals surface area contributed by atoms with E-state index in [9.17, 15) is 9.59 Å². The van der Waals surface area contributed by atoms with Crippen LogP contribution >= 0.6 is 0 Å². The molecule has 1 saturated heterocycles. The standard InChI is InChI=1S/C29H40N6O4/c1-5-17-39-27-23(7-6-8-25(27)38-4)20-33(3)26(36)10-9-22-18-24-21-35(29(37)31-28(24)30-19-22)16-15-34-13-11-32(2)12-14-34/h6-10,18-19H,5,11-17,20-21H2,1-4H3,(H,30,31,37)/b10-9+. The molecular weight excluding hydrogens is 496 g/mol. The van der Waals surface area contributed by atoms with Gasteiger partial charge < -0.3 is 24.2 Å². The maximum absolute atomic E-state index is 12.9. The molecule has 2 aliphatic rings. The number of urea groups is 1. The fourth-order valence-corrected chi connectivity index (χ4v) is 4.67. The van der Waals surface area contributed by atoms with Crippen LogP contribution in [0.15, 0.2) is 36.5 Å². The minimum Gasteiger partial charge on any atom is -0.493 e. The number of ether oxygens (including phenoxy) is 2. The van der Waals surface area contributed by atoms with E-state index >= 15 is 0 Å². The SMILES string of the molecule is CCCOc1c(CN(C)C(=O)/C=C/c2cnc3c(c2)CN(CCN2CCN(C)CC2)C(=O)N3)cccc1OC. The van der Waals surface area contributed by atoms with Crippen LogP contribution in [-0.4, -0.2) is 104 Å². The average Bonchev–Trinajstić information content (AvgIpc) is 2.94. The quantitative estimate of drug-likeness (QED) is 0.441. The summed E-state index contributed by atoms with van der Waals surface area (Å²) >= 11 is 0. The number of nitrogens with one attached hydrogen (secondary N) is 1. The number of pyridine rings is 1. The smallest absolute Gasteiger partial charge is 0.323 e. The molecule has 0 bridgehead atoms. The van der Waals surface area contributed by atoms with Gasteiger partial charge in [0.15, 0.2) is 11.5 Å². The molecule has 0 atom stereocenters. The summed E-state index contributed by atoms with van der Waals surface area (Å²) in [4.78, 5) is 38.1. The van der Waals surface area contributed by atoms with Gasteiger partial charge in [0, 0.05) is 76.3 Å². The van der Waals surface area contributed by atoms with Gasteiger partial charge in [-0.3, -0.25) is 15.0 Å². The van der Waals surface area contributed by atoms with Gasteiger partial charge in [-0.1, -0.05) is 19.1 Å². The number of aromatic nitrogens is 1. The van der Waals surface area contributed by atoms with Gasteiger partial charge in [0.25, 0.3) is 0 Å². The lowest BCUT2D eigenvalue weighted by Gasteiger charge is -2.35. The van der Waals surface area contributed by atoms with E-state index in [4.69, 9.17) is 9.47 Å². The highest BCUT2D eigenvalue weighted by molar-refractivity contribution is 5.93. The van der Waals surface area contributed by atoms with E-state index in [-0.39, 0.29) is 11.9 Å². The summed E-state index contributed by atoms with van der Waals surface area (Å²) in [6.45, 7) is 9.15. The molecule has 3 amide bonds. The molecule has 1 aromatic heterocycles. The van der Waals surface area contributed by atoms with Crippen molar-refractivity contribution in [3.05, 3.63) is 53.2 Å². The number of hydrogen-bond acceptors (Lipinski definition) is 7. The normalized spacial score (nSPS) is 16.2. The Balaban J connectivity index is 1.36. The number of rotatable bonds is 11. The number of fused-ring (bicyclic) bond motifs is 1. The molecule has 210 valence electrons. The number of hydrogen-bond donors (Lipinski definition) is 1. The highest BCUT2D eigenvalue weighted by Gasteiger charge is 2.24. The van der Waals surface area contributed by atoms with Crippen molar-refractivity contribution in [3.8, 4) is 11.5 Å². The van der Waals surface area contributed by atoms with Crippen LogP contribution in [0.4, 0.5) is 10.6 Å². The Morgan fingerprint density at radius 2 is 2.00 bits per heavy atom. The molecule has 0 aliphatic carbocycles. The maximum Gasteiger partial charge on any atom is 0.323 e. The van der Waals surface area contributed by atoms with Crippen molar-refractivity contribution in [2.24, 2.45) is 0 Å². The molecule has 0 unspecified atom stereocenters. The molecule has 10 heteroatoms. The topological polar surface area (TPSA) is 90.5 Å². The lowest BCUT2D eigenvalue weighted by molar-refractivity contribution is -0.125. The lowest BCUT2D eigenvalue weighted by Crippen LogP contribution is -2.48. The first-order valence-electron chi connectivity index (χ1n) is 13.6. The Morgan fingerprint density at radius 3 is 2.74 bits per heavy atom. The number of likely N-dealkylation sites (N-methyl/N-ethyl adjacent to an activating group) is 2. The van der Waals surface area contributed by atoms with E-state index in [1.165, 1.54) is 0 Å². The molecule has 39 heavy (non-hydrogen) atoms. The number of nitrogens with zero attached hydrogens (tertiary/aromatic N) is 5. The molecule has 1 fully saturated rings. The third kappa shape index (κ3) is 7.48. The lowest BCUT2D eigenvalue weighted by atomic mass is 10.1. The van der Waals surface area contributed by atoms with Gasteiger partial charge in [-0.2, -0.15) is 0 Å². The molecule has 2 aliphatic heterocycles. The number of para-hydroxylation sites is 1. The largest absolute Gasteiger partial charge is 0.493 e. The van der Waals surface area contributed by atoms with Crippen molar-refractivity contribution in [1.29, 1.82) is 0 Å². The van der Waals surface area contributed by atoms with E-state index in [0.717, 1.165) is 55.8 Å². The molecule has 4 rings (SSSR count). The van der Waals surface area contributed by atoms with Gasteiger partial charge in [0.2, 0.25) is 5.91 Å². The Bertz CT molecular complexity index is 1180. The number of carbonyl (C=O) groups is 2. The third-order valence-corrected chi connectivity index (χ3v) is 7.08. The second-order valence-electron chi connectivity index (χ2n) is 10.1. The van der Waals surface area contributed by atoms with Gasteiger partial charge in [0.05, 0.1) is 20.3 Å². The Kier molecular flexibility index (Phi) is 9.78. The van der Waals surface area contributed by atoms with Crippen LogP contribution in [-0.2, 0) is 17.9 Å². The van der Waals surface area contributed by atoms with Crippen LogP contribution in [0.25, 0.3) is 6.08 Å². The fourth-order valence-electron chi connectivity index (χ4n) is 4.67. The summed E-state index contributed by atoms with van der Waals surface area (Å²) in [6, 6.07) is 7.55. The Labute approximate surface area is 231 Å². The molecular formula is C29H40N6O4. The summed E-state index contributed by atoms with van der Waals surface area (Å²) < 4.78 is 11.4. The van der Waals surface area contributed by atoms with Crippen LogP contribution in [0.3, 0.4) is 0 Å². The second-order valence-corrected chi connectivity index (χ2v) is 10.1. The zero-order chi connectivity index (χ0) is 27.8. The van der Waals surface area contributed by atoms with Gasteiger partial charge in [-0.25, -0.2) is 9.78 Å². The number of amides is 3. The zero-order valence-corrected chi connectivity index (χ0v) is 23.5. The predicted molar refractivity (Wildman–Crippen MR) is 152 cm³/mol. The number of methoxy groups -OCH3 is 1. The summed E-state index contributed by atoms with van der Waals surface area (Å²) in [5.41, 5.74) is 2.62. The molecule has 0 spiro atoms.